The molecule has 8 bridgehead atoms. The molecule has 8 aliphatic rings. The quantitative estimate of drug-likeness (QED) is 0.127. The highest BCUT2D eigenvalue weighted by atomic mass is 19.2. The van der Waals surface area contributed by atoms with Gasteiger partial charge in [-0.1, -0.05) is 24.3 Å². The fourth-order valence-electron chi connectivity index (χ4n) is 12.5. The summed E-state index contributed by atoms with van der Waals surface area (Å²) < 4.78 is 75.8. The molecule has 3 aromatic carbocycles. The smallest absolute Gasteiger partial charge is 0.200 e. The molecule has 0 unspecified atom stereocenters. The van der Waals surface area contributed by atoms with Crippen molar-refractivity contribution in [2.75, 3.05) is 0 Å². The van der Waals surface area contributed by atoms with Crippen LogP contribution in [0, 0.1) is 64.6 Å². The van der Waals surface area contributed by atoms with Crippen molar-refractivity contribution >= 4 is 0 Å². The fraction of sp³-hybridized carbons (Fsp3) is 0.538. The zero-order valence-corrected chi connectivity index (χ0v) is 25.8. The first kappa shape index (κ1) is 29.1. The van der Waals surface area contributed by atoms with Gasteiger partial charge in [0.15, 0.2) is 23.3 Å². The Morgan fingerprint density at radius 3 is 1.11 bits per heavy atom. The van der Waals surface area contributed by atoms with Crippen molar-refractivity contribution in [3.05, 3.63) is 93.3 Å². The lowest BCUT2D eigenvalue weighted by Gasteiger charge is -2.57. The first-order valence-electron chi connectivity index (χ1n) is 17.2. The van der Waals surface area contributed by atoms with Crippen molar-refractivity contribution in [2.45, 2.75) is 93.8 Å². The molecular formula is C39H39F5O2. The van der Waals surface area contributed by atoms with Crippen molar-refractivity contribution in [1.29, 1.82) is 0 Å². The van der Waals surface area contributed by atoms with Gasteiger partial charge in [-0.25, -0.2) is 22.0 Å². The van der Waals surface area contributed by atoms with Gasteiger partial charge in [-0.2, -0.15) is 0 Å². The van der Waals surface area contributed by atoms with Crippen LogP contribution in [0.25, 0.3) is 0 Å². The molecule has 3 aromatic rings. The molecule has 11 rings (SSSR count). The van der Waals surface area contributed by atoms with E-state index >= 15 is 8.78 Å². The minimum absolute atomic E-state index is 0.0504. The van der Waals surface area contributed by atoms with E-state index in [9.17, 15) is 23.4 Å². The monoisotopic (exact) mass is 634 g/mol. The van der Waals surface area contributed by atoms with E-state index in [1.54, 1.807) is 12.1 Å². The molecule has 0 spiro atoms. The van der Waals surface area contributed by atoms with Crippen molar-refractivity contribution < 1.29 is 32.2 Å². The third-order valence-electron chi connectivity index (χ3n) is 13.5. The van der Waals surface area contributed by atoms with E-state index in [2.05, 4.69) is 0 Å². The molecule has 0 radical (unpaired) electrons. The third kappa shape index (κ3) is 4.18. The van der Waals surface area contributed by atoms with Gasteiger partial charge in [0.1, 0.15) is 11.5 Å². The Morgan fingerprint density at radius 1 is 0.478 bits per heavy atom. The van der Waals surface area contributed by atoms with Crippen molar-refractivity contribution in [1.82, 2.24) is 0 Å². The van der Waals surface area contributed by atoms with Crippen LogP contribution in [-0.2, 0) is 10.8 Å². The molecule has 242 valence electrons. The zero-order valence-electron chi connectivity index (χ0n) is 25.8. The predicted molar refractivity (Wildman–Crippen MR) is 163 cm³/mol. The van der Waals surface area contributed by atoms with Gasteiger partial charge < -0.3 is 10.2 Å². The minimum atomic E-state index is -2.23. The average molecular weight is 635 g/mol. The van der Waals surface area contributed by atoms with E-state index in [1.807, 2.05) is 12.1 Å². The maximum Gasteiger partial charge on any atom is 0.200 e. The molecule has 0 saturated heterocycles. The van der Waals surface area contributed by atoms with Crippen LogP contribution in [0.5, 0.6) is 11.5 Å². The summed E-state index contributed by atoms with van der Waals surface area (Å²) in [6.45, 7) is 0. The predicted octanol–water partition coefficient (Wildman–Crippen LogP) is 9.91. The number of phenolic OH excluding ortho intramolecular Hbond substituents is 2. The number of halogens is 5. The Balaban J connectivity index is 1.24. The largest absolute Gasteiger partial charge is 0.508 e. The van der Waals surface area contributed by atoms with E-state index < -0.39 is 40.6 Å². The Labute approximate surface area is 266 Å². The second-order valence-electron chi connectivity index (χ2n) is 16.4. The molecule has 0 amide bonds. The fourth-order valence-corrected chi connectivity index (χ4v) is 12.5. The maximum absolute atomic E-state index is 15.8. The Hall–Kier alpha value is -3.09. The van der Waals surface area contributed by atoms with Crippen LogP contribution in [0.2, 0.25) is 0 Å². The topological polar surface area (TPSA) is 40.5 Å². The number of hydrogen-bond acceptors (Lipinski definition) is 2. The lowest BCUT2D eigenvalue weighted by molar-refractivity contribution is -0.00531. The number of aromatic hydroxyl groups is 2. The van der Waals surface area contributed by atoms with Crippen LogP contribution >= 0.6 is 0 Å². The second-order valence-corrected chi connectivity index (χ2v) is 16.4. The molecule has 0 heterocycles. The number of hydrogen-bond donors (Lipinski definition) is 2. The lowest BCUT2D eigenvalue weighted by atomic mass is 9.48. The first-order chi connectivity index (χ1) is 22.0. The summed E-state index contributed by atoms with van der Waals surface area (Å²) in [5.74, 6) is -8.77. The average Bonchev–Trinajstić information content (AvgIpc) is 3.01. The summed E-state index contributed by atoms with van der Waals surface area (Å²) in [7, 11) is 0. The lowest BCUT2D eigenvalue weighted by Crippen LogP contribution is -2.48. The number of rotatable bonds is 5. The minimum Gasteiger partial charge on any atom is -0.508 e. The molecule has 8 saturated carbocycles. The molecule has 7 heteroatoms. The highest BCUT2D eigenvalue weighted by Gasteiger charge is 2.53. The van der Waals surface area contributed by atoms with E-state index in [-0.39, 0.29) is 33.5 Å². The highest BCUT2D eigenvalue weighted by molar-refractivity contribution is 5.56. The van der Waals surface area contributed by atoms with Crippen molar-refractivity contribution in [3.63, 3.8) is 0 Å². The van der Waals surface area contributed by atoms with Gasteiger partial charge in [-0.05, 0) is 147 Å². The molecule has 0 aliphatic heterocycles. The van der Waals surface area contributed by atoms with Crippen LogP contribution in [0.1, 0.15) is 111 Å². The van der Waals surface area contributed by atoms with Gasteiger partial charge in [0.2, 0.25) is 5.82 Å². The molecule has 0 aromatic heterocycles. The van der Waals surface area contributed by atoms with Crippen molar-refractivity contribution in [2.24, 2.45) is 35.5 Å². The van der Waals surface area contributed by atoms with Crippen LogP contribution < -0.4 is 0 Å². The van der Waals surface area contributed by atoms with Gasteiger partial charge in [-0.15, -0.1) is 0 Å². The molecule has 46 heavy (non-hydrogen) atoms. The van der Waals surface area contributed by atoms with Gasteiger partial charge in [-0.3, -0.25) is 0 Å². The third-order valence-corrected chi connectivity index (χ3v) is 13.5. The van der Waals surface area contributed by atoms with Crippen molar-refractivity contribution in [3.8, 4) is 11.5 Å². The van der Waals surface area contributed by atoms with Crippen LogP contribution in [0.15, 0.2) is 36.4 Å². The number of phenols is 2. The summed E-state index contributed by atoms with van der Waals surface area (Å²) in [5.41, 5.74) is 0.619. The van der Waals surface area contributed by atoms with Gasteiger partial charge in [0, 0.05) is 22.6 Å². The van der Waals surface area contributed by atoms with E-state index in [1.165, 1.54) is 50.7 Å². The van der Waals surface area contributed by atoms with Gasteiger partial charge in [0.25, 0.3) is 0 Å². The second kappa shape index (κ2) is 9.96. The number of benzene rings is 3. The Kier molecular flexibility index (Phi) is 6.30. The summed E-state index contributed by atoms with van der Waals surface area (Å²) in [5, 5.41) is 22.8. The zero-order chi connectivity index (χ0) is 31.7. The molecule has 8 fully saturated rings. The molecule has 2 nitrogen and oxygen atoms in total. The molecular weight excluding hydrogens is 595 g/mol. The normalized spacial score (nSPS) is 36.0. The standard InChI is InChI=1S/C39H39F5O2/c40-33-32(34(41)36(43)37(44)35(33)42)31(27-11-25(1-3-29(27)45)38-13-19-5-20(14-38)7-21(6-19)15-38)28-12-26(2-4-30(28)46)39-16-22-8-23(17-39)10-24(9-22)18-39/h1-4,11-12,19-24,31,45-46H,5-10,13-18H2. The van der Waals surface area contributed by atoms with E-state index in [0.717, 1.165) is 49.7 Å². The summed E-state index contributed by atoms with van der Waals surface area (Å²) in [4.78, 5) is 0. The summed E-state index contributed by atoms with van der Waals surface area (Å²) >= 11 is 0. The molecule has 8 aliphatic carbocycles. The van der Waals surface area contributed by atoms with E-state index in [0.29, 0.717) is 35.5 Å². The summed E-state index contributed by atoms with van der Waals surface area (Å²) in [6.07, 6.45) is 13.2. The van der Waals surface area contributed by atoms with Gasteiger partial charge >= 0.3 is 0 Å². The van der Waals surface area contributed by atoms with Crippen LogP contribution in [-0.4, -0.2) is 10.2 Å². The Bertz CT molecular complexity index is 1570. The van der Waals surface area contributed by atoms with Gasteiger partial charge in [0.05, 0.1) is 0 Å². The molecule has 2 N–H and O–H groups in total. The first-order valence-corrected chi connectivity index (χ1v) is 17.2. The van der Waals surface area contributed by atoms with E-state index in [4.69, 9.17) is 0 Å². The van der Waals surface area contributed by atoms with Crippen LogP contribution in [0.3, 0.4) is 0 Å². The highest BCUT2D eigenvalue weighted by Crippen LogP contribution is 2.63. The Morgan fingerprint density at radius 2 is 0.783 bits per heavy atom. The SMILES string of the molecule is Oc1ccc(C23CC4CC(CC(C4)C2)C3)cc1C(c1cc(C23CC4CC(CC(C4)C2)C3)ccc1O)c1c(F)c(F)c(F)c(F)c1F. The van der Waals surface area contributed by atoms with Crippen LogP contribution in [0.4, 0.5) is 22.0 Å². The summed E-state index contributed by atoms with van der Waals surface area (Å²) in [6, 6.07) is 10.2. The molecule has 0 atom stereocenters. The maximum atomic E-state index is 15.8.